The van der Waals surface area contributed by atoms with Gasteiger partial charge in [-0.1, -0.05) is 62.6 Å². The van der Waals surface area contributed by atoms with Gasteiger partial charge < -0.3 is 14.2 Å². The second kappa shape index (κ2) is 13.2. The molecule has 0 aliphatic carbocycles. The summed E-state index contributed by atoms with van der Waals surface area (Å²) >= 11 is 0. The van der Waals surface area contributed by atoms with Crippen LogP contribution in [0.4, 0.5) is 26.3 Å². The molecule has 0 atom stereocenters. The lowest BCUT2D eigenvalue weighted by Crippen LogP contribution is -2.27. The van der Waals surface area contributed by atoms with Gasteiger partial charge in [0.1, 0.15) is 34.6 Å². The molecule has 5 rings (SSSR count). The van der Waals surface area contributed by atoms with Crippen molar-refractivity contribution in [2.75, 3.05) is 13.2 Å². The Morgan fingerprint density at radius 1 is 0.721 bits per heavy atom. The summed E-state index contributed by atoms with van der Waals surface area (Å²) in [6.45, 7) is 3.42. The fourth-order valence-corrected chi connectivity index (χ4v) is 5.06. The summed E-state index contributed by atoms with van der Waals surface area (Å²) in [5, 5.41) is 0. The molecule has 226 valence electrons. The summed E-state index contributed by atoms with van der Waals surface area (Å²) in [4.78, 5) is 0. The smallest absolute Gasteiger partial charge is 0.429 e. The zero-order chi connectivity index (χ0) is 30.6. The molecule has 4 aromatic rings. The van der Waals surface area contributed by atoms with Gasteiger partial charge in [-0.2, -0.15) is 8.78 Å². The molecular weight excluding hydrogens is 570 g/mol. The van der Waals surface area contributed by atoms with Gasteiger partial charge in [0.05, 0.1) is 13.2 Å². The van der Waals surface area contributed by atoms with E-state index in [1.807, 2.05) is 12.1 Å². The van der Waals surface area contributed by atoms with E-state index in [0.29, 0.717) is 42.4 Å². The minimum Gasteiger partial charge on any atom is -0.429 e. The zero-order valence-electron chi connectivity index (χ0n) is 23.4. The average Bonchev–Trinajstić information content (AvgIpc) is 2.98. The van der Waals surface area contributed by atoms with E-state index in [1.165, 1.54) is 25.0 Å². The molecule has 1 saturated heterocycles. The number of rotatable bonds is 10. The Morgan fingerprint density at radius 2 is 1.33 bits per heavy atom. The Kier molecular flexibility index (Phi) is 9.42. The first kappa shape index (κ1) is 30.6. The topological polar surface area (TPSA) is 27.7 Å². The fraction of sp³-hybridized carbons (Fsp3) is 0.294. The van der Waals surface area contributed by atoms with Crippen LogP contribution < -0.4 is 4.74 Å². The van der Waals surface area contributed by atoms with E-state index < -0.39 is 47.0 Å². The van der Waals surface area contributed by atoms with Crippen LogP contribution in [-0.4, -0.2) is 13.2 Å². The van der Waals surface area contributed by atoms with Crippen LogP contribution in [-0.2, 0) is 15.6 Å². The second-order valence-electron chi connectivity index (χ2n) is 10.6. The summed E-state index contributed by atoms with van der Waals surface area (Å²) in [5.41, 5.74) is -0.0612. The van der Waals surface area contributed by atoms with E-state index in [-0.39, 0.29) is 11.1 Å². The molecule has 0 saturated carbocycles. The molecule has 0 unspecified atom stereocenters. The highest BCUT2D eigenvalue weighted by Crippen LogP contribution is 2.38. The highest BCUT2D eigenvalue weighted by Gasteiger charge is 2.41. The van der Waals surface area contributed by atoms with E-state index in [1.54, 1.807) is 18.2 Å². The molecule has 0 spiro atoms. The summed E-state index contributed by atoms with van der Waals surface area (Å²) < 4.78 is 103. The Hall–Kier alpha value is -3.82. The van der Waals surface area contributed by atoms with Gasteiger partial charge in [0, 0.05) is 17.0 Å². The van der Waals surface area contributed by atoms with Gasteiger partial charge in [-0.05, 0) is 65.6 Å². The van der Waals surface area contributed by atoms with Gasteiger partial charge >= 0.3 is 6.11 Å². The molecule has 43 heavy (non-hydrogen) atoms. The monoisotopic (exact) mass is 600 g/mol. The average molecular weight is 601 g/mol. The minimum atomic E-state index is -4.41. The van der Waals surface area contributed by atoms with E-state index in [0.717, 1.165) is 42.7 Å². The van der Waals surface area contributed by atoms with Gasteiger partial charge in [0.15, 0.2) is 6.29 Å². The van der Waals surface area contributed by atoms with Gasteiger partial charge in [0.25, 0.3) is 0 Å². The van der Waals surface area contributed by atoms with Crippen molar-refractivity contribution >= 4 is 0 Å². The van der Waals surface area contributed by atoms with Crippen LogP contribution in [0.3, 0.4) is 0 Å². The number of hydrogen-bond acceptors (Lipinski definition) is 3. The van der Waals surface area contributed by atoms with Crippen LogP contribution in [0.1, 0.15) is 50.0 Å². The minimum absolute atomic E-state index is 0.176. The first-order valence-electron chi connectivity index (χ1n) is 14.1. The van der Waals surface area contributed by atoms with Crippen molar-refractivity contribution < 1.29 is 40.6 Å². The zero-order valence-corrected chi connectivity index (χ0v) is 23.4. The van der Waals surface area contributed by atoms with Crippen LogP contribution in [0.2, 0.25) is 0 Å². The Labute approximate surface area is 246 Å². The molecule has 0 radical (unpaired) electrons. The van der Waals surface area contributed by atoms with Crippen molar-refractivity contribution in [3.8, 4) is 28.0 Å². The Bertz CT molecular complexity index is 1510. The van der Waals surface area contributed by atoms with Gasteiger partial charge in [-0.15, -0.1) is 0 Å². The maximum atomic E-state index is 15.2. The number of hydrogen-bond donors (Lipinski definition) is 0. The number of ether oxygens (including phenoxy) is 3. The molecule has 3 nitrogen and oxygen atoms in total. The van der Waals surface area contributed by atoms with Crippen LogP contribution in [0.5, 0.6) is 5.75 Å². The van der Waals surface area contributed by atoms with Crippen LogP contribution >= 0.6 is 0 Å². The maximum Gasteiger partial charge on any atom is 0.432 e. The fourth-order valence-electron chi connectivity index (χ4n) is 5.06. The normalized spacial score (nSPS) is 17.2. The molecule has 9 heteroatoms. The molecule has 1 fully saturated rings. The maximum absolute atomic E-state index is 15.2. The number of alkyl halides is 2. The predicted molar refractivity (Wildman–Crippen MR) is 150 cm³/mol. The lowest BCUT2D eigenvalue weighted by atomic mass is 9.97. The number of halogens is 6. The standard InChI is InChI=1S/C34H30F6O3/c1-2-3-4-5-21-19-41-33(42-20-21)23-8-6-22(7-9-23)24-10-15-28(29(36)16-24)25-17-30(37)32(31(38)18-25)34(39,40)43-27-13-11-26(35)12-14-27/h6-18,21,33H,2-5,19-20H2,1H3. The van der Waals surface area contributed by atoms with Crippen molar-refractivity contribution in [2.24, 2.45) is 5.92 Å². The largest absolute Gasteiger partial charge is 0.432 e. The molecule has 0 amide bonds. The molecule has 0 N–H and O–H groups in total. The molecule has 1 aliphatic heterocycles. The van der Waals surface area contributed by atoms with Crippen LogP contribution in [0.25, 0.3) is 22.3 Å². The summed E-state index contributed by atoms with van der Waals surface area (Å²) in [6.07, 6.45) is -0.305. The summed E-state index contributed by atoms with van der Waals surface area (Å²) in [6, 6.07) is 16.1. The first-order chi connectivity index (χ1) is 20.6. The number of unbranched alkanes of at least 4 members (excludes halogenated alkanes) is 2. The van der Waals surface area contributed by atoms with Gasteiger partial charge in [0.2, 0.25) is 0 Å². The highest BCUT2D eigenvalue weighted by atomic mass is 19.3. The first-order valence-corrected chi connectivity index (χ1v) is 14.1. The number of benzene rings is 4. The van der Waals surface area contributed by atoms with Crippen LogP contribution in [0, 0.1) is 29.2 Å². The van der Waals surface area contributed by atoms with Crippen molar-refractivity contribution in [2.45, 2.75) is 45.0 Å². The van der Waals surface area contributed by atoms with Crippen molar-refractivity contribution in [3.05, 3.63) is 113 Å². The second-order valence-corrected chi connectivity index (χ2v) is 10.6. The van der Waals surface area contributed by atoms with Gasteiger partial charge in [-0.3, -0.25) is 0 Å². The Morgan fingerprint density at radius 3 is 1.93 bits per heavy atom. The highest BCUT2D eigenvalue weighted by molar-refractivity contribution is 5.71. The van der Waals surface area contributed by atoms with Crippen molar-refractivity contribution in [3.63, 3.8) is 0 Å². The molecule has 1 heterocycles. The Balaban J connectivity index is 1.28. The molecular formula is C34H30F6O3. The molecule has 1 aliphatic rings. The lowest BCUT2D eigenvalue weighted by Gasteiger charge is -2.29. The third-order valence-electron chi connectivity index (χ3n) is 7.37. The van der Waals surface area contributed by atoms with Crippen molar-refractivity contribution in [1.29, 1.82) is 0 Å². The summed E-state index contributed by atoms with van der Waals surface area (Å²) in [7, 11) is 0. The van der Waals surface area contributed by atoms with E-state index in [2.05, 4.69) is 11.7 Å². The summed E-state index contributed by atoms with van der Waals surface area (Å²) in [5.74, 6) is -4.85. The molecule has 0 bridgehead atoms. The van der Waals surface area contributed by atoms with Gasteiger partial charge in [-0.25, -0.2) is 17.6 Å². The van der Waals surface area contributed by atoms with Crippen LogP contribution in [0.15, 0.2) is 78.9 Å². The lowest BCUT2D eigenvalue weighted by molar-refractivity contribution is -0.206. The van der Waals surface area contributed by atoms with Crippen molar-refractivity contribution in [1.82, 2.24) is 0 Å². The third-order valence-corrected chi connectivity index (χ3v) is 7.37. The van der Waals surface area contributed by atoms with E-state index in [9.17, 15) is 22.0 Å². The SMILES string of the molecule is CCCCCC1COC(c2ccc(-c3ccc(-c4cc(F)c(C(F)(F)Oc5ccc(F)cc5)c(F)c4)c(F)c3)cc2)OC1. The van der Waals surface area contributed by atoms with E-state index in [4.69, 9.17) is 9.47 Å². The quantitative estimate of drug-likeness (QED) is 0.134. The molecule has 4 aromatic carbocycles. The third kappa shape index (κ3) is 7.22. The molecule has 0 aromatic heterocycles. The predicted octanol–water partition coefficient (Wildman–Crippen LogP) is 9.95. The van der Waals surface area contributed by atoms with E-state index >= 15 is 4.39 Å².